The van der Waals surface area contributed by atoms with E-state index in [1.165, 1.54) is 30.4 Å². The summed E-state index contributed by atoms with van der Waals surface area (Å²) in [7, 11) is -3.70. The largest absolute Gasteiger partial charge is 0.326 e. The van der Waals surface area contributed by atoms with E-state index in [0.717, 1.165) is 10.6 Å². The summed E-state index contributed by atoms with van der Waals surface area (Å²) < 4.78 is 27.4. The number of nitrogens with zero attached hydrogens (tertiary/aromatic N) is 1. The zero-order chi connectivity index (χ0) is 17.9. The lowest BCUT2D eigenvalue weighted by molar-refractivity contribution is -0.114. The molecule has 0 aliphatic rings. The minimum Gasteiger partial charge on any atom is -0.326 e. The van der Waals surface area contributed by atoms with Crippen molar-refractivity contribution in [1.82, 2.24) is 4.98 Å². The number of thiazole rings is 1. The molecule has 6 nitrogen and oxygen atoms in total. The van der Waals surface area contributed by atoms with Crippen molar-refractivity contribution in [3.63, 3.8) is 0 Å². The molecular formula is C17H15N3O3S2. The van der Waals surface area contributed by atoms with Gasteiger partial charge in [-0.3, -0.25) is 9.52 Å². The number of hydrogen-bond acceptors (Lipinski definition) is 5. The summed E-state index contributed by atoms with van der Waals surface area (Å²) in [5.74, 6) is -0.214. The molecule has 2 aromatic carbocycles. The summed E-state index contributed by atoms with van der Waals surface area (Å²) in [5, 5.41) is 5.36. The van der Waals surface area contributed by atoms with Gasteiger partial charge in [0.05, 0.1) is 4.90 Å². The fraction of sp³-hybridized carbons (Fsp3) is 0.0588. The van der Waals surface area contributed by atoms with Crippen LogP contribution in [0, 0.1) is 0 Å². The lowest BCUT2D eigenvalue weighted by atomic mass is 10.2. The first kappa shape index (κ1) is 17.1. The molecular weight excluding hydrogens is 358 g/mol. The molecule has 0 unspecified atom stereocenters. The maximum Gasteiger partial charge on any atom is 0.261 e. The predicted molar refractivity (Wildman–Crippen MR) is 99.1 cm³/mol. The Morgan fingerprint density at radius 2 is 1.64 bits per heavy atom. The van der Waals surface area contributed by atoms with Crippen LogP contribution in [0.15, 0.2) is 65.0 Å². The van der Waals surface area contributed by atoms with E-state index in [4.69, 9.17) is 0 Å². The van der Waals surface area contributed by atoms with Gasteiger partial charge < -0.3 is 5.32 Å². The number of hydrogen-bond donors (Lipinski definition) is 2. The Morgan fingerprint density at radius 1 is 1.00 bits per heavy atom. The molecule has 25 heavy (non-hydrogen) atoms. The van der Waals surface area contributed by atoms with Crippen LogP contribution in [0.1, 0.15) is 6.92 Å². The zero-order valence-electron chi connectivity index (χ0n) is 13.3. The Labute approximate surface area is 149 Å². The van der Waals surface area contributed by atoms with Crippen molar-refractivity contribution in [2.75, 3.05) is 10.0 Å². The summed E-state index contributed by atoms with van der Waals surface area (Å²) in [5.41, 5.74) is 1.93. The molecule has 0 aliphatic carbocycles. The third-order valence-electron chi connectivity index (χ3n) is 3.30. The number of benzene rings is 2. The Hall–Kier alpha value is -2.71. The molecule has 0 fully saturated rings. The molecule has 2 N–H and O–H groups in total. The van der Waals surface area contributed by atoms with Crippen molar-refractivity contribution in [1.29, 1.82) is 0 Å². The fourth-order valence-electron chi connectivity index (χ4n) is 2.18. The van der Waals surface area contributed by atoms with Crippen LogP contribution in [0.3, 0.4) is 0 Å². The van der Waals surface area contributed by atoms with Gasteiger partial charge in [0.2, 0.25) is 5.91 Å². The number of rotatable bonds is 5. The number of sulfonamides is 1. The van der Waals surface area contributed by atoms with Gasteiger partial charge >= 0.3 is 0 Å². The van der Waals surface area contributed by atoms with Crippen molar-refractivity contribution in [3.8, 4) is 10.6 Å². The summed E-state index contributed by atoms with van der Waals surface area (Å²) in [6.07, 6.45) is 1.72. The highest BCUT2D eigenvalue weighted by molar-refractivity contribution is 7.92. The van der Waals surface area contributed by atoms with Gasteiger partial charge in [-0.05, 0) is 48.5 Å². The second-order valence-corrected chi connectivity index (χ2v) is 7.80. The second kappa shape index (κ2) is 7.04. The van der Waals surface area contributed by atoms with Gasteiger partial charge in [-0.2, -0.15) is 0 Å². The van der Waals surface area contributed by atoms with Gasteiger partial charge in [0.25, 0.3) is 10.0 Å². The van der Waals surface area contributed by atoms with Gasteiger partial charge in [0.15, 0.2) is 0 Å². The highest BCUT2D eigenvalue weighted by atomic mass is 32.2. The van der Waals surface area contributed by atoms with Gasteiger partial charge in [0, 0.05) is 35.4 Å². The minimum absolute atomic E-state index is 0.116. The lowest BCUT2D eigenvalue weighted by Gasteiger charge is -2.09. The first-order valence-electron chi connectivity index (χ1n) is 7.34. The van der Waals surface area contributed by atoms with Crippen LogP contribution in [-0.2, 0) is 14.8 Å². The first-order chi connectivity index (χ1) is 11.9. The normalized spacial score (nSPS) is 11.1. The Bertz CT molecular complexity index is 965. The minimum atomic E-state index is -3.70. The smallest absolute Gasteiger partial charge is 0.261 e. The van der Waals surface area contributed by atoms with Crippen LogP contribution < -0.4 is 10.0 Å². The highest BCUT2D eigenvalue weighted by Crippen LogP contribution is 2.24. The van der Waals surface area contributed by atoms with E-state index in [-0.39, 0.29) is 10.8 Å². The molecule has 1 amide bonds. The Morgan fingerprint density at radius 3 is 2.20 bits per heavy atom. The first-order valence-corrected chi connectivity index (χ1v) is 9.71. The average Bonchev–Trinajstić information content (AvgIpc) is 3.09. The number of amides is 1. The van der Waals surface area contributed by atoms with Gasteiger partial charge in [-0.1, -0.05) is 0 Å². The number of nitrogens with one attached hydrogen (secondary N) is 2. The number of carbonyl (C=O) groups excluding carboxylic acids is 1. The average molecular weight is 373 g/mol. The molecule has 0 spiro atoms. The SMILES string of the molecule is CC(=O)Nc1ccc(S(=O)(=O)Nc2ccc(-c3nccs3)cc2)cc1. The molecule has 128 valence electrons. The Balaban J connectivity index is 1.75. The molecule has 3 rings (SSSR count). The van der Waals surface area contributed by atoms with Crippen LogP contribution in [-0.4, -0.2) is 19.3 Å². The highest BCUT2D eigenvalue weighted by Gasteiger charge is 2.14. The maximum absolute atomic E-state index is 12.4. The molecule has 0 saturated carbocycles. The van der Waals surface area contributed by atoms with E-state index < -0.39 is 10.0 Å². The van der Waals surface area contributed by atoms with Gasteiger partial charge in [0.1, 0.15) is 5.01 Å². The summed E-state index contributed by atoms with van der Waals surface area (Å²) in [6, 6.07) is 13.0. The van der Waals surface area contributed by atoms with E-state index in [1.807, 2.05) is 17.5 Å². The maximum atomic E-state index is 12.4. The van der Waals surface area contributed by atoms with Crippen LogP contribution in [0.4, 0.5) is 11.4 Å². The molecule has 3 aromatic rings. The molecule has 0 bridgehead atoms. The molecule has 8 heteroatoms. The third-order valence-corrected chi connectivity index (χ3v) is 5.52. The molecule has 0 radical (unpaired) electrons. The molecule has 0 saturated heterocycles. The summed E-state index contributed by atoms with van der Waals surface area (Å²) >= 11 is 1.52. The lowest BCUT2D eigenvalue weighted by Crippen LogP contribution is -2.13. The van der Waals surface area contributed by atoms with Crippen LogP contribution in [0.2, 0.25) is 0 Å². The number of anilines is 2. The van der Waals surface area contributed by atoms with E-state index in [1.54, 1.807) is 30.5 Å². The van der Waals surface area contributed by atoms with Crippen molar-refractivity contribution >= 4 is 38.6 Å². The van der Waals surface area contributed by atoms with Gasteiger partial charge in [-0.15, -0.1) is 11.3 Å². The Kier molecular flexibility index (Phi) is 4.82. The van der Waals surface area contributed by atoms with E-state index in [0.29, 0.717) is 11.4 Å². The van der Waals surface area contributed by atoms with Crippen LogP contribution >= 0.6 is 11.3 Å². The molecule has 0 atom stereocenters. The number of carbonyl (C=O) groups is 1. The standard InChI is InChI=1S/C17H15N3O3S2/c1-12(21)19-14-6-8-16(9-7-14)25(22,23)20-15-4-2-13(3-5-15)17-18-10-11-24-17/h2-11,20H,1H3,(H,19,21). The zero-order valence-corrected chi connectivity index (χ0v) is 14.9. The van der Waals surface area contributed by atoms with Crippen LogP contribution in [0.25, 0.3) is 10.6 Å². The number of aromatic nitrogens is 1. The van der Waals surface area contributed by atoms with Crippen molar-refractivity contribution in [2.24, 2.45) is 0 Å². The second-order valence-electron chi connectivity index (χ2n) is 5.23. The summed E-state index contributed by atoms with van der Waals surface area (Å²) in [6.45, 7) is 1.39. The third kappa shape index (κ3) is 4.23. The van der Waals surface area contributed by atoms with E-state index >= 15 is 0 Å². The van der Waals surface area contributed by atoms with Crippen molar-refractivity contribution in [3.05, 3.63) is 60.1 Å². The monoisotopic (exact) mass is 373 g/mol. The topological polar surface area (TPSA) is 88.2 Å². The molecule has 0 aliphatic heterocycles. The summed E-state index contributed by atoms with van der Waals surface area (Å²) in [4.78, 5) is 15.3. The van der Waals surface area contributed by atoms with Crippen LogP contribution in [0.5, 0.6) is 0 Å². The quantitative estimate of drug-likeness (QED) is 0.716. The van der Waals surface area contributed by atoms with E-state index in [2.05, 4.69) is 15.0 Å². The predicted octanol–water partition coefficient (Wildman–Crippen LogP) is 3.57. The molecule has 1 heterocycles. The fourth-order valence-corrected chi connectivity index (χ4v) is 3.88. The van der Waals surface area contributed by atoms with E-state index in [9.17, 15) is 13.2 Å². The van der Waals surface area contributed by atoms with Gasteiger partial charge in [-0.25, -0.2) is 13.4 Å². The van der Waals surface area contributed by atoms with Crippen molar-refractivity contribution in [2.45, 2.75) is 11.8 Å². The van der Waals surface area contributed by atoms with Crippen molar-refractivity contribution < 1.29 is 13.2 Å². The molecule has 1 aromatic heterocycles.